The van der Waals surface area contributed by atoms with Gasteiger partial charge < -0.3 is 14.4 Å². The molecule has 2 saturated heterocycles. The average molecular weight is 826 g/mol. The number of nitrogens with zero attached hydrogens (tertiary/aromatic N) is 5. The summed E-state index contributed by atoms with van der Waals surface area (Å²) in [6.45, 7) is 16.3. The van der Waals surface area contributed by atoms with E-state index >= 15 is 8.78 Å². The highest BCUT2D eigenvalue weighted by molar-refractivity contribution is 6.90. The number of carbonyl (C=O) groups is 1. The zero-order chi connectivity index (χ0) is 42.6. The van der Waals surface area contributed by atoms with Crippen molar-refractivity contribution in [1.29, 1.82) is 0 Å². The summed E-state index contributed by atoms with van der Waals surface area (Å²) in [4.78, 5) is 37.0. The minimum atomic E-state index is -4.79. The van der Waals surface area contributed by atoms with E-state index in [-0.39, 0.29) is 57.4 Å². The van der Waals surface area contributed by atoms with Gasteiger partial charge >= 0.3 is 18.3 Å². The summed E-state index contributed by atoms with van der Waals surface area (Å²) in [5, 5.41) is 13.4. The fourth-order valence-corrected chi connectivity index (χ4v) is 14.2. The van der Waals surface area contributed by atoms with E-state index in [0.29, 0.717) is 18.2 Å². The molecule has 10 nitrogen and oxygen atoms in total. The van der Waals surface area contributed by atoms with Crippen LogP contribution in [0.5, 0.6) is 6.01 Å². The molecule has 16 heteroatoms. The second-order valence-corrected chi connectivity index (χ2v) is 22.7. The minimum Gasteiger partial charge on any atom is -0.454 e. The number of hydrogen-bond acceptors (Lipinski definition) is 8. The molecule has 0 spiro atoms. The predicted octanol–water partition coefficient (Wildman–Crippen LogP) is 10.7. The number of nitro benzene ring substituents is 1. The fraction of sp³-hybridized carbons (Fsp3) is 0.500. The van der Waals surface area contributed by atoms with Gasteiger partial charge in [-0.15, -0.1) is 5.54 Å². The van der Waals surface area contributed by atoms with Crippen LogP contribution in [0.1, 0.15) is 80.7 Å². The van der Waals surface area contributed by atoms with E-state index in [1.54, 1.807) is 42.7 Å². The Labute approximate surface area is 335 Å². The first-order valence-corrected chi connectivity index (χ1v) is 21.7. The van der Waals surface area contributed by atoms with Gasteiger partial charge in [-0.05, 0) is 61.7 Å². The number of ether oxygens (including phenoxy) is 2. The molecule has 2 bridgehead atoms. The van der Waals surface area contributed by atoms with E-state index < -0.39 is 84.0 Å². The zero-order valence-corrected chi connectivity index (χ0v) is 35.1. The lowest BCUT2D eigenvalue weighted by Gasteiger charge is -2.42. The zero-order valence-electron chi connectivity index (χ0n) is 34.1. The number of amides is 1. The van der Waals surface area contributed by atoms with Crippen LogP contribution in [0, 0.1) is 33.2 Å². The maximum atomic E-state index is 17.4. The number of aromatic nitrogens is 2. The summed E-state index contributed by atoms with van der Waals surface area (Å²) in [7, 11) is -2.43. The van der Waals surface area contributed by atoms with Crippen molar-refractivity contribution in [2.75, 3.05) is 24.6 Å². The van der Waals surface area contributed by atoms with E-state index in [1.165, 1.54) is 18.2 Å². The second-order valence-electron chi connectivity index (χ2n) is 17.1. The highest BCUT2D eigenvalue weighted by Crippen LogP contribution is 2.45. The lowest BCUT2D eigenvalue weighted by molar-refractivity contribution is -0.384. The molecule has 0 radical (unpaired) electrons. The smallest absolute Gasteiger partial charge is 0.422 e. The van der Waals surface area contributed by atoms with Crippen molar-refractivity contribution in [2.45, 2.75) is 116 Å². The minimum absolute atomic E-state index is 0.0414. The second kappa shape index (κ2) is 15.6. The molecule has 0 aliphatic carbocycles. The van der Waals surface area contributed by atoms with Crippen molar-refractivity contribution >= 4 is 47.3 Å². The Balaban J connectivity index is 1.59. The molecule has 2 aliphatic heterocycles. The maximum Gasteiger partial charge on any atom is 0.422 e. The molecule has 1 amide bonds. The van der Waals surface area contributed by atoms with E-state index in [4.69, 9.17) is 9.47 Å². The van der Waals surface area contributed by atoms with Gasteiger partial charge in [0, 0.05) is 30.1 Å². The van der Waals surface area contributed by atoms with Crippen LogP contribution in [0.25, 0.3) is 32.8 Å². The van der Waals surface area contributed by atoms with Gasteiger partial charge in [-0.25, -0.2) is 13.6 Å². The van der Waals surface area contributed by atoms with Crippen LogP contribution < -0.4 is 9.64 Å². The molecular formula is C42H48F5N5O5Si. The SMILES string of the molecule is CC(C)[Si](C#Cc1c(F)ccc2cccc(-c3c([N+](=O)[O-])cc4c(N5C[C@H]6CC[C@@H](C5)N6C(=O)OC(C)(C)C)nc(OCC(F)(F)F)nc4c3F)c12)(C(C)C)C(C)C. The molecule has 310 valence electrons. The average Bonchev–Trinajstić information content (AvgIpc) is 3.39. The number of nitro groups is 1. The van der Waals surface area contributed by atoms with Gasteiger partial charge in [-0.1, -0.05) is 71.7 Å². The number of carbonyl (C=O) groups excluding carboxylic acids is 1. The van der Waals surface area contributed by atoms with Crippen molar-refractivity contribution in [2.24, 2.45) is 0 Å². The molecule has 0 unspecified atom stereocenters. The van der Waals surface area contributed by atoms with Gasteiger partial charge in [0.15, 0.2) is 12.4 Å². The predicted molar refractivity (Wildman–Crippen MR) is 216 cm³/mol. The van der Waals surface area contributed by atoms with Gasteiger partial charge in [0.2, 0.25) is 0 Å². The number of alkyl halides is 3. The van der Waals surface area contributed by atoms with Crippen LogP contribution in [0.4, 0.5) is 38.3 Å². The monoisotopic (exact) mass is 825 g/mol. The first-order valence-electron chi connectivity index (χ1n) is 19.4. The first-order chi connectivity index (χ1) is 27.0. The van der Waals surface area contributed by atoms with Crippen molar-refractivity contribution < 1.29 is 41.1 Å². The highest BCUT2D eigenvalue weighted by atomic mass is 28.3. The maximum absolute atomic E-state index is 17.4. The third kappa shape index (κ3) is 8.02. The normalized spacial score (nSPS) is 17.4. The number of piperazine rings is 1. The van der Waals surface area contributed by atoms with Crippen LogP contribution in [-0.4, -0.2) is 77.5 Å². The van der Waals surface area contributed by atoms with Crippen molar-refractivity contribution in [3.05, 3.63) is 63.7 Å². The molecule has 6 rings (SSSR count). The summed E-state index contributed by atoms with van der Waals surface area (Å²) in [6, 6.07) is 6.89. The molecule has 1 aromatic heterocycles. The molecule has 3 heterocycles. The Morgan fingerprint density at radius 3 is 2.16 bits per heavy atom. The summed E-state index contributed by atoms with van der Waals surface area (Å²) < 4.78 is 84.4. The van der Waals surface area contributed by atoms with Crippen molar-refractivity contribution in [1.82, 2.24) is 14.9 Å². The van der Waals surface area contributed by atoms with Crippen LogP contribution in [0.15, 0.2) is 36.4 Å². The Morgan fingerprint density at radius 2 is 1.60 bits per heavy atom. The van der Waals surface area contributed by atoms with E-state index in [9.17, 15) is 28.1 Å². The molecule has 3 aromatic carbocycles. The fourth-order valence-electron chi connectivity index (χ4n) is 9.01. The highest BCUT2D eigenvalue weighted by Gasteiger charge is 2.46. The third-order valence-corrected chi connectivity index (χ3v) is 17.6. The Bertz CT molecular complexity index is 2300. The van der Waals surface area contributed by atoms with Gasteiger partial charge in [-0.3, -0.25) is 15.0 Å². The number of halogens is 5. The van der Waals surface area contributed by atoms with Gasteiger partial charge in [-0.2, -0.15) is 23.1 Å². The van der Waals surface area contributed by atoms with Crippen LogP contribution in [-0.2, 0) is 4.74 Å². The Morgan fingerprint density at radius 1 is 0.983 bits per heavy atom. The number of hydrogen-bond donors (Lipinski definition) is 0. The number of benzene rings is 3. The summed E-state index contributed by atoms with van der Waals surface area (Å²) in [6.07, 6.45) is -4.15. The molecule has 2 fully saturated rings. The molecule has 58 heavy (non-hydrogen) atoms. The van der Waals surface area contributed by atoms with Crippen LogP contribution in [0.2, 0.25) is 16.6 Å². The van der Waals surface area contributed by atoms with E-state index in [2.05, 4.69) is 63.0 Å². The van der Waals surface area contributed by atoms with E-state index in [1.807, 2.05) is 0 Å². The summed E-state index contributed by atoms with van der Waals surface area (Å²) in [5.74, 6) is 1.12. The largest absolute Gasteiger partial charge is 0.454 e. The molecular weight excluding hydrogens is 778 g/mol. The lowest BCUT2D eigenvalue weighted by Crippen LogP contribution is -2.57. The Kier molecular flexibility index (Phi) is 11.5. The molecule has 0 saturated carbocycles. The summed E-state index contributed by atoms with van der Waals surface area (Å²) >= 11 is 0. The molecule has 2 aliphatic rings. The van der Waals surface area contributed by atoms with Gasteiger partial charge in [0.05, 0.1) is 33.5 Å². The van der Waals surface area contributed by atoms with Crippen LogP contribution in [0.3, 0.4) is 0 Å². The molecule has 2 atom stereocenters. The van der Waals surface area contributed by atoms with Gasteiger partial charge in [0.25, 0.3) is 5.69 Å². The van der Waals surface area contributed by atoms with Crippen molar-refractivity contribution in [3.63, 3.8) is 0 Å². The number of rotatable bonds is 8. The quantitative estimate of drug-likeness (QED) is 0.0568. The molecule has 0 N–H and O–H groups in total. The first kappa shape index (κ1) is 42.6. The Hall–Kier alpha value is -5.04. The van der Waals surface area contributed by atoms with Crippen molar-refractivity contribution in [3.8, 4) is 28.6 Å². The van der Waals surface area contributed by atoms with E-state index in [0.717, 1.165) is 6.07 Å². The topological polar surface area (TPSA) is 111 Å². The number of fused-ring (bicyclic) bond motifs is 4. The third-order valence-electron chi connectivity index (χ3n) is 11.4. The summed E-state index contributed by atoms with van der Waals surface area (Å²) in [5.41, 5.74) is 1.50. The molecule has 4 aromatic rings. The van der Waals surface area contributed by atoms with Crippen LogP contribution >= 0.6 is 0 Å². The lowest BCUT2D eigenvalue weighted by atomic mass is 9.92. The van der Waals surface area contributed by atoms with Gasteiger partial charge in [0.1, 0.15) is 30.8 Å². The number of anilines is 1. The standard InChI is InChI=1S/C42H48F5N5O5Si/c1-23(2)58(24(3)4,25(5)6)18-17-29-32(43)16-13-26-11-10-12-30(34(26)29)35-33(52(54)55)19-31-37(36(35)44)48-39(56-22-42(45,46)47)49-38(31)50-20-27-14-15-28(21-50)51(27)40(53)57-41(7,8)9/h10-13,16,19,23-25,27-28H,14-15,20-22H2,1-9H3/t27-,28+.